The summed E-state index contributed by atoms with van der Waals surface area (Å²) in [7, 11) is -3.41. The normalized spacial score (nSPS) is 11.8. The minimum Gasteiger partial charge on any atom is -0.390 e. The van der Waals surface area contributed by atoms with E-state index >= 15 is 0 Å². The molecule has 0 aromatic heterocycles. The van der Waals surface area contributed by atoms with E-state index in [1.54, 1.807) is 6.08 Å². The van der Waals surface area contributed by atoms with E-state index in [4.69, 9.17) is 4.18 Å². The minimum absolute atomic E-state index is 0.0833. The van der Waals surface area contributed by atoms with Crippen LogP contribution >= 0.6 is 0 Å². The van der Waals surface area contributed by atoms with Gasteiger partial charge in [0.2, 0.25) is 0 Å². The molecule has 94 valence electrons. The highest BCUT2D eigenvalue weighted by atomic mass is 32.2. The van der Waals surface area contributed by atoms with Crippen molar-refractivity contribution < 1.29 is 12.6 Å². The third-order valence-electron chi connectivity index (χ3n) is 2.26. The molecule has 0 aliphatic carbocycles. The molecule has 0 amide bonds. The second kappa shape index (κ2) is 7.12. The number of benzene rings is 1. The van der Waals surface area contributed by atoms with Gasteiger partial charge in [-0.25, -0.2) is 0 Å². The molecule has 17 heavy (non-hydrogen) atoms. The fourth-order valence-electron chi connectivity index (χ4n) is 1.33. The Morgan fingerprint density at radius 1 is 1.18 bits per heavy atom. The molecule has 0 heterocycles. The van der Waals surface area contributed by atoms with Crippen molar-refractivity contribution in [3.63, 3.8) is 0 Å². The Bertz CT molecular complexity index is 435. The van der Waals surface area contributed by atoms with E-state index in [1.165, 1.54) is 6.26 Å². The van der Waals surface area contributed by atoms with Gasteiger partial charge in [0.15, 0.2) is 0 Å². The zero-order valence-corrected chi connectivity index (χ0v) is 10.8. The zero-order chi connectivity index (χ0) is 12.6. The van der Waals surface area contributed by atoms with Crippen molar-refractivity contribution >= 4 is 16.2 Å². The van der Waals surface area contributed by atoms with Gasteiger partial charge in [0, 0.05) is 0 Å². The van der Waals surface area contributed by atoms with E-state index in [1.807, 2.05) is 37.3 Å². The van der Waals surface area contributed by atoms with Crippen molar-refractivity contribution in [1.82, 2.24) is 0 Å². The van der Waals surface area contributed by atoms with E-state index in [0.717, 1.165) is 18.4 Å². The Morgan fingerprint density at radius 2 is 1.88 bits per heavy atom. The predicted molar refractivity (Wildman–Crippen MR) is 69.9 cm³/mol. The molecule has 0 spiro atoms. The van der Waals surface area contributed by atoms with Gasteiger partial charge in [0.05, 0.1) is 5.75 Å². The molecule has 0 fully saturated rings. The SMILES string of the molecule is CCCCCS(=O)(=O)OC=Cc1ccccc1. The van der Waals surface area contributed by atoms with Crippen LogP contribution in [0.1, 0.15) is 31.7 Å². The third kappa shape index (κ3) is 6.12. The van der Waals surface area contributed by atoms with E-state index in [-0.39, 0.29) is 5.75 Å². The first-order valence-electron chi connectivity index (χ1n) is 5.76. The highest BCUT2D eigenvalue weighted by Crippen LogP contribution is 2.05. The minimum atomic E-state index is -3.41. The molecule has 0 unspecified atom stereocenters. The lowest BCUT2D eigenvalue weighted by molar-refractivity contribution is 0.443. The van der Waals surface area contributed by atoms with Gasteiger partial charge in [-0.1, -0.05) is 50.1 Å². The average molecular weight is 254 g/mol. The first-order chi connectivity index (χ1) is 8.14. The summed E-state index contributed by atoms with van der Waals surface area (Å²) in [5.74, 6) is 0.0833. The van der Waals surface area contributed by atoms with Gasteiger partial charge < -0.3 is 4.18 Å². The molecule has 0 N–H and O–H groups in total. The highest BCUT2D eigenvalue weighted by molar-refractivity contribution is 7.86. The molecule has 0 saturated carbocycles. The van der Waals surface area contributed by atoms with Crippen LogP contribution in [-0.4, -0.2) is 14.2 Å². The van der Waals surface area contributed by atoms with E-state index < -0.39 is 10.1 Å². The fourth-order valence-corrected chi connectivity index (χ4v) is 2.21. The Morgan fingerprint density at radius 3 is 2.53 bits per heavy atom. The van der Waals surface area contributed by atoms with Crippen LogP contribution in [0.15, 0.2) is 36.6 Å². The number of unbranched alkanes of at least 4 members (excludes halogenated alkanes) is 2. The summed E-state index contributed by atoms with van der Waals surface area (Å²) < 4.78 is 27.6. The first kappa shape index (κ1) is 13.8. The van der Waals surface area contributed by atoms with Crippen molar-refractivity contribution in [1.29, 1.82) is 0 Å². The zero-order valence-electron chi connectivity index (χ0n) is 10.0. The van der Waals surface area contributed by atoms with Gasteiger partial charge in [0.25, 0.3) is 0 Å². The van der Waals surface area contributed by atoms with Crippen molar-refractivity contribution in [2.75, 3.05) is 5.75 Å². The van der Waals surface area contributed by atoms with Gasteiger partial charge in [-0.05, 0) is 18.1 Å². The summed E-state index contributed by atoms with van der Waals surface area (Å²) >= 11 is 0. The lowest BCUT2D eigenvalue weighted by Crippen LogP contribution is -2.06. The quantitative estimate of drug-likeness (QED) is 0.426. The molecule has 3 nitrogen and oxygen atoms in total. The average Bonchev–Trinajstić information content (AvgIpc) is 2.30. The molecule has 0 radical (unpaired) electrons. The summed E-state index contributed by atoms with van der Waals surface area (Å²) in [5.41, 5.74) is 0.913. The van der Waals surface area contributed by atoms with E-state index in [0.29, 0.717) is 6.42 Å². The van der Waals surface area contributed by atoms with Gasteiger partial charge in [-0.2, -0.15) is 8.42 Å². The molecule has 1 aromatic rings. The van der Waals surface area contributed by atoms with Crippen molar-refractivity contribution in [2.24, 2.45) is 0 Å². The summed E-state index contributed by atoms with van der Waals surface area (Å²) in [6.45, 7) is 2.03. The molecule has 0 aliphatic heterocycles. The molecule has 1 rings (SSSR count). The van der Waals surface area contributed by atoms with Crippen LogP contribution in [0.3, 0.4) is 0 Å². The summed E-state index contributed by atoms with van der Waals surface area (Å²) in [4.78, 5) is 0. The maximum absolute atomic E-state index is 11.4. The smallest absolute Gasteiger partial charge is 0.308 e. The van der Waals surface area contributed by atoms with Gasteiger partial charge in [0.1, 0.15) is 6.26 Å². The van der Waals surface area contributed by atoms with Crippen LogP contribution in [0, 0.1) is 0 Å². The lowest BCUT2D eigenvalue weighted by atomic mass is 10.2. The number of hydrogen-bond acceptors (Lipinski definition) is 3. The highest BCUT2D eigenvalue weighted by Gasteiger charge is 2.08. The van der Waals surface area contributed by atoms with E-state index in [9.17, 15) is 8.42 Å². The molecular weight excluding hydrogens is 236 g/mol. The predicted octanol–water partition coefficient (Wildman–Crippen LogP) is 3.19. The van der Waals surface area contributed by atoms with Crippen LogP contribution < -0.4 is 0 Å². The monoisotopic (exact) mass is 254 g/mol. The van der Waals surface area contributed by atoms with Gasteiger partial charge >= 0.3 is 10.1 Å². The van der Waals surface area contributed by atoms with Crippen LogP contribution in [0.2, 0.25) is 0 Å². The standard InChI is InChI=1S/C13H18O3S/c1-2-3-7-12-17(14,15)16-11-10-13-8-5-4-6-9-13/h4-6,8-11H,2-3,7,12H2,1H3. The molecule has 0 saturated heterocycles. The maximum Gasteiger partial charge on any atom is 0.308 e. The molecule has 0 aliphatic rings. The van der Waals surface area contributed by atoms with Crippen molar-refractivity contribution in [2.45, 2.75) is 26.2 Å². The number of hydrogen-bond donors (Lipinski definition) is 0. The Balaban J connectivity index is 2.42. The molecule has 4 heteroatoms. The summed E-state index contributed by atoms with van der Waals surface area (Å²) in [5, 5.41) is 0. The Hall–Kier alpha value is -1.29. The van der Waals surface area contributed by atoms with Gasteiger partial charge in [-0.3, -0.25) is 0 Å². The summed E-state index contributed by atoms with van der Waals surface area (Å²) in [6, 6.07) is 9.43. The second-order valence-corrected chi connectivity index (χ2v) is 5.49. The first-order valence-corrected chi connectivity index (χ1v) is 7.34. The van der Waals surface area contributed by atoms with Crippen molar-refractivity contribution in [3.05, 3.63) is 42.2 Å². The maximum atomic E-state index is 11.4. The molecule has 0 bridgehead atoms. The summed E-state index contributed by atoms with van der Waals surface area (Å²) in [6.07, 6.45) is 5.42. The van der Waals surface area contributed by atoms with Crippen LogP contribution in [0.25, 0.3) is 6.08 Å². The fraction of sp³-hybridized carbons (Fsp3) is 0.385. The molecule has 0 atom stereocenters. The lowest BCUT2D eigenvalue weighted by Gasteiger charge is -2.01. The third-order valence-corrected chi connectivity index (χ3v) is 3.45. The topological polar surface area (TPSA) is 43.4 Å². The Labute approximate surface area is 103 Å². The molecule has 1 aromatic carbocycles. The van der Waals surface area contributed by atoms with E-state index in [2.05, 4.69) is 0 Å². The largest absolute Gasteiger partial charge is 0.390 e. The Kier molecular flexibility index (Phi) is 5.77. The molecular formula is C13H18O3S. The second-order valence-electron chi connectivity index (χ2n) is 3.78. The van der Waals surface area contributed by atoms with Crippen LogP contribution in [0.4, 0.5) is 0 Å². The number of rotatable bonds is 7. The van der Waals surface area contributed by atoms with Crippen molar-refractivity contribution in [3.8, 4) is 0 Å². The van der Waals surface area contributed by atoms with Crippen LogP contribution in [-0.2, 0) is 14.3 Å². The van der Waals surface area contributed by atoms with Crippen LogP contribution in [0.5, 0.6) is 0 Å². The van der Waals surface area contributed by atoms with Gasteiger partial charge in [-0.15, -0.1) is 0 Å².